The van der Waals surface area contributed by atoms with E-state index in [2.05, 4.69) is 5.32 Å². The van der Waals surface area contributed by atoms with Gasteiger partial charge in [-0.05, 0) is 25.7 Å². The van der Waals surface area contributed by atoms with E-state index in [0.717, 1.165) is 45.1 Å². The summed E-state index contributed by atoms with van der Waals surface area (Å²) in [6.45, 7) is 2.28. The fourth-order valence-corrected chi connectivity index (χ4v) is 2.64. The van der Waals surface area contributed by atoms with Crippen molar-refractivity contribution in [3.05, 3.63) is 0 Å². The molecule has 5 heteroatoms. The van der Waals surface area contributed by atoms with Crippen LogP contribution in [0.3, 0.4) is 0 Å². The van der Waals surface area contributed by atoms with Crippen LogP contribution in [0.25, 0.3) is 0 Å². The molecular weight excluding hydrogens is 244 g/mol. The van der Waals surface area contributed by atoms with E-state index in [1.54, 1.807) is 4.90 Å². The molecular formula is C14H24N2O3. The Morgan fingerprint density at radius 2 is 2.11 bits per heavy atom. The Kier molecular flexibility index (Phi) is 5.63. The average molecular weight is 268 g/mol. The lowest BCUT2D eigenvalue weighted by Crippen LogP contribution is -2.43. The lowest BCUT2D eigenvalue weighted by Gasteiger charge is -2.24. The van der Waals surface area contributed by atoms with Gasteiger partial charge in [0.05, 0.1) is 12.6 Å². The number of nitrogens with one attached hydrogen (secondary N) is 1. The molecule has 2 aliphatic rings. The molecule has 0 aliphatic carbocycles. The Balaban J connectivity index is 1.71. The largest absolute Gasteiger partial charge is 0.376 e. The molecule has 0 saturated carbocycles. The van der Waals surface area contributed by atoms with Gasteiger partial charge in [-0.25, -0.2) is 0 Å². The Labute approximate surface area is 114 Å². The summed E-state index contributed by atoms with van der Waals surface area (Å²) in [4.78, 5) is 25.4. The topological polar surface area (TPSA) is 58.6 Å². The Morgan fingerprint density at radius 3 is 2.89 bits per heavy atom. The van der Waals surface area contributed by atoms with Gasteiger partial charge in [-0.15, -0.1) is 0 Å². The third kappa shape index (κ3) is 4.82. The van der Waals surface area contributed by atoms with Gasteiger partial charge < -0.3 is 15.0 Å². The molecule has 2 fully saturated rings. The zero-order valence-corrected chi connectivity index (χ0v) is 11.5. The van der Waals surface area contributed by atoms with Crippen molar-refractivity contribution in [2.75, 3.05) is 26.2 Å². The summed E-state index contributed by atoms with van der Waals surface area (Å²) in [5, 5.41) is 2.87. The maximum atomic E-state index is 11.9. The number of hydrogen-bond donors (Lipinski definition) is 1. The van der Waals surface area contributed by atoms with Gasteiger partial charge in [0.25, 0.3) is 0 Å². The van der Waals surface area contributed by atoms with Crippen LogP contribution in [0.5, 0.6) is 0 Å². The van der Waals surface area contributed by atoms with Crippen LogP contribution in [0.15, 0.2) is 0 Å². The summed E-state index contributed by atoms with van der Waals surface area (Å²) in [5.41, 5.74) is 0. The summed E-state index contributed by atoms with van der Waals surface area (Å²) in [6, 6.07) is 0. The van der Waals surface area contributed by atoms with Gasteiger partial charge in [0, 0.05) is 26.1 Å². The second-order valence-corrected chi connectivity index (χ2v) is 5.42. The monoisotopic (exact) mass is 268 g/mol. The van der Waals surface area contributed by atoms with Gasteiger partial charge in [0.2, 0.25) is 11.8 Å². The van der Waals surface area contributed by atoms with E-state index < -0.39 is 0 Å². The lowest BCUT2D eigenvalue weighted by atomic mass is 10.1. The number of nitrogens with zero attached hydrogens (tertiary/aromatic N) is 1. The van der Waals surface area contributed by atoms with Gasteiger partial charge in [-0.3, -0.25) is 9.59 Å². The first kappa shape index (κ1) is 14.3. The third-order valence-corrected chi connectivity index (χ3v) is 3.81. The number of likely N-dealkylation sites (tertiary alicyclic amines) is 1. The molecule has 2 aliphatic heterocycles. The zero-order chi connectivity index (χ0) is 13.5. The Bertz CT molecular complexity index is 314. The van der Waals surface area contributed by atoms with Gasteiger partial charge in [0.15, 0.2) is 0 Å². The molecule has 1 N–H and O–H groups in total. The van der Waals surface area contributed by atoms with Crippen molar-refractivity contribution < 1.29 is 14.3 Å². The van der Waals surface area contributed by atoms with Gasteiger partial charge >= 0.3 is 0 Å². The van der Waals surface area contributed by atoms with E-state index in [1.807, 2.05) is 0 Å². The third-order valence-electron chi connectivity index (χ3n) is 3.81. The fourth-order valence-electron chi connectivity index (χ4n) is 2.64. The smallest absolute Gasteiger partial charge is 0.239 e. The molecule has 0 unspecified atom stereocenters. The van der Waals surface area contributed by atoms with Crippen LogP contribution in [0.1, 0.15) is 44.9 Å². The number of carbonyl (C=O) groups is 2. The fraction of sp³-hybridized carbons (Fsp3) is 0.857. The van der Waals surface area contributed by atoms with Crippen molar-refractivity contribution in [2.45, 2.75) is 51.0 Å². The maximum Gasteiger partial charge on any atom is 0.239 e. The predicted octanol–water partition coefficient (Wildman–Crippen LogP) is 1.07. The van der Waals surface area contributed by atoms with E-state index in [4.69, 9.17) is 4.74 Å². The maximum absolute atomic E-state index is 11.9. The first-order valence-corrected chi connectivity index (χ1v) is 7.42. The Morgan fingerprint density at radius 1 is 1.26 bits per heavy atom. The molecule has 0 bridgehead atoms. The molecule has 2 heterocycles. The molecule has 2 saturated heterocycles. The highest BCUT2D eigenvalue weighted by molar-refractivity contribution is 5.84. The number of carbonyl (C=O) groups excluding carboxylic acids is 2. The highest BCUT2D eigenvalue weighted by Gasteiger charge is 2.20. The van der Waals surface area contributed by atoms with Crippen molar-refractivity contribution in [2.24, 2.45) is 0 Å². The highest BCUT2D eigenvalue weighted by atomic mass is 16.5. The summed E-state index contributed by atoms with van der Waals surface area (Å²) in [5.74, 6) is 0.0522. The molecule has 1 atom stereocenters. The number of rotatable bonds is 4. The van der Waals surface area contributed by atoms with Crippen molar-refractivity contribution in [3.63, 3.8) is 0 Å². The summed E-state index contributed by atoms with van der Waals surface area (Å²) in [6.07, 6.45) is 7.07. The van der Waals surface area contributed by atoms with E-state index in [9.17, 15) is 9.59 Å². The molecule has 0 aromatic carbocycles. The average Bonchev–Trinajstić information content (AvgIpc) is 2.89. The molecule has 2 amide bonds. The highest BCUT2D eigenvalue weighted by Crippen LogP contribution is 2.12. The van der Waals surface area contributed by atoms with Gasteiger partial charge in [0.1, 0.15) is 0 Å². The molecule has 5 nitrogen and oxygen atoms in total. The van der Waals surface area contributed by atoms with E-state index in [1.165, 1.54) is 0 Å². The molecule has 0 aromatic rings. The normalized spacial score (nSPS) is 24.9. The molecule has 108 valence electrons. The van der Waals surface area contributed by atoms with Crippen LogP contribution in [0.2, 0.25) is 0 Å². The standard InChI is InChI=1S/C14H24N2O3/c17-13(15-10-12-6-5-9-19-12)11-16-8-4-2-1-3-7-14(16)18/h12H,1-11H2,(H,15,17)/t12-/m1/s1. The minimum absolute atomic E-state index is 0.0653. The van der Waals surface area contributed by atoms with Crippen LogP contribution in [0, 0.1) is 0 Å². The first-order valence-electron chi connectivity index (χ1n) is 7.42. The second kappa shape index (κ2) is 7.48. The van der Waals surface area contributed by atoms with E-state index in [0.29, 0.717) is 19.5 Å². The predicted molar refractivity (Wildman–Crippen MR) is 71.6 cm³/mol. The van der Waals surface area contributed by atoms with Crippen molar-refractivity contribution in [3.8, 4) is 0 Å². The van der Waals surface area contributed by atoms with Crippen LogP contribution in [-0.2, 0) is 14.3 Å². The number of ether oxygens (including phenoxy) is 1. The molecule has 0 aromatic heterocycles. The van der Waals surface area contributed by atoms with Crippen LogP contribution >= 0.6 is 0 Å². The number of amides is 2. The minimum atomic E-state index is -0.0653. The second-order valence-electron chi connectivity index (χ2n) is 5.42. The van der Waals surface area contributed by atoms with Crippen molar-refractivity contribution in [1.29, 1.82) is 0 Å². The number of hydrogen-bond acceptors (Lipinski definition) is 3. The first-order chi connectivity index (χ1) is 9.25. The van der Waals surface area contributed by atoms with E-state index in [-0.39, 0.29) is 24.5 Å². The summed E-state index contributed by atoms with van der Waals surface area (Å²) < 4.78 is 5.46. The van der Waals surface area contributed by atoms with Gasteiger partial charge in [-0.2, -0.15) is 0 Å². The molecule has 0 spiro atoms. The molecule has 0 radical (unpaired) electrons. The summed E-state index contributed by atoms with van der Waals surface area (Å²) >= 11 is 0. The van der Waals surface area contributed by atoms with Gasteiger partial charge in [-0.1, -0.05) is 12.8 Å². The van der Waals surface area contributed by atoms with Crippen LogP contribution in [0.4, 0.5) is 0 Å². The summed E-state index contributed by atoms with van der Waals surface area (Å²) in [7, 11) is 0. The van der Waals surface area contributed by atoms with E-state index >= 15 is 0 Å². The van der Waals surface area contributed by atoms with Crippen molar-refractivity contribution >= 4 is 11.8 Å². The SMILES string of the molecule is O=C(CN1CCCCCCC1=O)NC[C@H]1CCCO1. The molecule has 19 heavy (non-hydrogen) atoms. The minimum Gasteiger partial charge on any atom is -0.376 e. The quantitative estimate of drug-likeness (QED) is 0.830. The van der Waals surface area contributed by atoms with Crippen molar-refractivity contribution in [1.82, 2.24) is 10.2 Å². The Hall–Kier alpha value is -1.10. The van der Waals surface area contributed by atoms with Crippen LogP contribution < -0.4 is 5.32 Å². The lowest BCUT2D eigenvalue weighted by molar-refractivity contribution is -0.136. The zero-order valence-electron chi connectivity index (χ0n) is 11.5. The molecule has 2 rings (SSSR count). The van der Waals surface area contributed by atoms with Crippen LogP contribution in [-0.4, -0.2) is 49.1 Å².